The van der Waals surface area contributed by atoms with E-state index >= 15 is 0 Å². The minimum absolute atomic E-state index is 0.102. The molecule has 5 heteroatoms. The van der Waals surface area contributed by atoms with Crippen molar-refractivity contribution >= 4 is 28.3 Å². The molecule has 1 aromatic heterocycles. The lowest BCUT2D eigenvalue weighted by Gasteiger charge is -2.08. The molecule has 0 saturated heterocycles. The first-order valence-electron chi connectivity index (χ1n) is 5.84. The summed E-state index contributed by atoms with van der Waals surface area (Å²) < 4.78 is 11.2. The summed E-state index contributed by atoms with van der Waals surface area (Å²) in [6.07, 6.45) is 0. The summed E-state index contributed by atoms with van der Waals surface area (Å²) >= 11 is 5.95. The van der Waals surface area contributed by atoms with E-state index in [0.29, 0.717) is 33.2 Å². The molecule has 2 N–H and O–H groups in total. The molecule has 0 atom stereocenters. The Balaban J connectivity index is 2.15. The van der Waals surface area contributed by atoms with E-state index in [1.54, 1.807) is 24.3 Å². The fourth-order valence-corrected chi connectivity index (χ4v) is 2.08. The highest BCUT2D eigenvalue weighted by Crippen LogP contribution is 2.39. The predicted molar refractivity (Wildman–Crippen MR) is 76.9 cm³/mol. The molecule has 0 bridgehead atoms. The van der Waals surface area contributed by atoms with Gasteiger partial charge < -0.3 is 14.9 Å². The van der Waals surface area contributed by atoms with Gasteiger partial charge in [0.25, 0.3) is 0 Å². The zero-order valence-corrected chi connectivity index (χ0v) is 11.0. The summed E-state index contributed by atoms with van der Waals surface area (Å²) in [7, 11) is 0. The number of nitriles is 1. The fourth-order valence-electron chi connectivity index (χ4n) is 1.91. The van der Waals surface area contributed by atoms with Crippen LogP contribution in [0.5, 0.6) is 11.5 Å². The maximum Gasteiger partial charge on any atom is 0.247 e. The molecule has 0 spiro atoms. The Hall–Kier alpha value is -2.64. The summed E-state index contributed by atoms with van der Waals surface area (Å²) in [5.74, 6) is 0.836. The zero-order valence-electron chi connectivity index (χ0n) is 10.3. The third-order valence-electron chi connectivity index (χ3n) is 2.88. The van der Waals surface area contributed by atoms with Crippen LogP contribution < -0.4 is 10.5 Å². The lowest BCUT2D eigenvalue weighted by atomic mass is 10.2. The number of ether oxygens (including phenoxy) is 1. The van der Waals surface area contributed by atoms with Gasteiger partial charge in [-0.25, -0.2) is 0 Å². The maximum atomic E-state index is 9.14. The number of hydrogen-bond acceptors (Lipinski definition) is 4. The second-order valence-corrected chi connectivity index (χ2v) is 4.53. The second-order valence-electron chi connectivity index (χ2n) is 4.12. The van der Waals surface area contributed by atoms with Crippen molar-refractivity contribution in [3.8, 4) is 17.6 Å². The van der Waals surface area contributed by atoms with Crippen molar-refractivity contribution in [2.24, 2.45) is 0 Å². The minimum Gasteiger partial charge on any atom is -0.450 e. The summed E-state index contributed by atoms with van der Waals surface area (Å²) in [4.78, 5) is 0. The van der Waals surface area contributed by atoms with E-state index in [1.165, 1.54) is 0 Å². The van der Waals surface area contributed by atoms with Crippen LogP contribution in [0.25, 0.3) is 11.0 Å². The Kier molecular flexibility index (Phi) is 2.97. The van der Waals surface area contributed by atoms with Gasteiger partial charge in [0.05, 0.1) is 16.1 Å². The van der Waals surface area contributed by atoms with Crippen LogP contribution in [0.3, 0.4) is 0 Å². The molecule has 0 saturated carbocycles. The van der Waals surface area contributed by atoms with Gasteiger partial charge in [-0.3, -0.25) is 0 Å². The van der Waals surface area contributed by atoms with E-state index in [1.807, 2.05) is 24.3 Å². The number of rotatable bonds is 2. The molecule has 1 heterocycles. The number of nitrogen functional groups attached to an aromatic ring is 1. The standard InChI is InChI=1S/C15H9ClN2O2/c16-10-5-3-7-12(14(10)18)20-15-9-4-1-2-6-11(9)19-13(15)8-17/h1-7H,18H2. The van der Waals surface area contributed by atoms with Crippen LogP contribution >= 0.6 is 11.6 Å². The van der Waals surface area contributed by atoms with E-state index < -0.39 is 0 Å². The van der Waals surface area contributed by atoms with Gasteiger partial charge in [0.1, 0.15) is 11.7 Å². The molecule has 0 radical (unpaired) electrons. The van der Waals surface area contributed by atoms with Crippen molar-refractivity contribution in [3.63, 3.8) is 0 Å². The molecule has 0 aliphatic carbocycles. The van der Waals surface area contributed by atoms with Crippen LogP contribution in [0.1, 0.15) is 5.76 Å². The topological polar surface area (TPSA) is 72.2 Å². The highest BCUT2D eigenvalue weighted by Gasteiger charge is 2.17. The lowest BCUT2D eigenvalue weighted by molar-refractivity contribution is 0.469. The fraction of sp³-hybridized carbons (Fsp3) is 0. The molecule has 2 aromatic carbocycles. The van der Waals surface area contributed by atoms with E-state index in [4.69, 9.17) is 31.8 Å². The number of para-hydroxylation sites is 2. The Morgan fingerprint density at radius 3 is 2.75 bits per heavy atom. The molecule has 0 aliphatic rings. The van der Waals surface area contributed by atoms with Crippen LogP contribution in [-0.4, -0.2) is 0 Å². The van der Waals surface area contributed by atoms with Gasteiger partial charge in [-0.05, 0) is 24.3 Å². The Labute approximate surface area is 119 Å². The molecular formula is C15H9ClN2O2. The first-order valence-corrected chi connectivity index (χ1v) is 6.22. The van der Waals surface area contributed by atoms with Gasteiger partial charge in [-0.1, -0.05) is 29.8 Å². The summed E-state index contributed by atoms with van der Waals surface area (Å²) in [5, 5.41) is 10.2. The van der Waals surface area contributed by atoms with Crippen LogP contribution in [-0.2, 0) is 0 Å². The smallest absolute Gasteiger partial charge is 0.247 e. The molecule has 0 fully saturated rings. The van der Waals surface area contributed by atoms with Crippen molar-refractivity contribution in [1.29, 1.82) is 5.26 Å². The third-order valence-corrected chi connectivity index (χ3v) is 3.21. The Morgan fingerprint density at radius 1 is 1.15 bits per heavy atom. The van der Waals surface area contributed by atoms with Gasteiger partial charge in [-0.2, -0.15) is 5.26 Å². The van der Waals surface area contributed by atoms with E-state index in [0.717, 1.165) is 0 Å². The number of hydrogen-bond donors (Lipinski definition) is 1. The number of halogens is 1. The van der Waals surface area contributed by atoms with Gasteiger partial charge in [0.15, 0.2) is 11.5 Å². The minimum atomic E-state index is 0.102. The molecule has 4 nitrogen and oxygen atoms in total. The van der Waals surface area contributed by atoms with Crippen molar-refractivity contribution in [2.75, 3.05) is 5.73 Å². The molecule has 20 heavy (non-hydrogen) atoms. The summed E-state index contributed by atoms with van der Waals surface area (Å²) in [5.41, 5.74) is 6.77. The van der Waals surface area contributed by atoms with Crippen LogP contribution in [0.4, 0.5) is 5.69 Å². The molecule has 3 rings (SSSR count). The molecule has 0 aliphatic heterocycles. The number of nitrogens with zero attached hydrogens (tertiary/aromatic N) is 1. The first-order chi connectivity index (χ1) is 9.70. The van der Waals surface area contributed by atoms with Crippen LogP contribution in [0, 0.1) is 11.3 Å². The molecule has 3 aromatic rings. The van der Waals surface area contributed by atoms with Gasteiger partial charge in [0, 0.05) is 0 Å². The number of nitrogens with two attached hydrogens (primary N) is 1. The van der Waals surface area contributed by atoms with Crippen molar-refractivity contribution in [2.45, 2.75) is 0 Å². The predicted octanol–water partition coefficient (Wildman–Crippen LogP) is 4.33. The van der Waals surface area contributed by atoms with E-state index in [2.05, 4.69) is 0 Å². The van der Waals surface area contributed by atoms with Crippen molar-refractivity contribution < 1.29 is 9.15 Å². The van der Waals surface area contributed by atoms with Gasteiger partial charge >= 0.3 is 0 Å². The van der Waals surface area contributed by atoms with Crippen LogP contribution in [0.15, 0.2) is 46.9 Å². The SMILES string of the molecule is N#Cc1oc2ccccc2c1Oc1cccc(Cl)c1N. The Bertz CT molecular complexity index is 833. The molecule has 98 valence electrons. The number of benzene rings is 2. The molecule has 0 unspecified atom stereocenters. The summed E-state index contributed by atoms with van der Waals surface area (Å²) in [6, 6.07) is 14.3. The van der Waals surface area contributed by atoms with Gasteiger partial charge in [-0.15, -0.1) is 0 Å². The lowest BCUT2D eigenvalue weighted by Crippen LogP contribution is -1.93. The number of fused-ring (bicyclic) bond motifs is 1. The quantitative estimate of drug-likeness (QED) is 0.711. The highest BCUT2D eigenvalue weighted by atomic mass is 35.5. The van der Waals surface area contributed by atoms with E-state index in [9.17, 15) is 0 Å². The van der Waals surface area contributed by atoms with Gasteiger partial charge in [0.2, 0.25) is 5.76 Å². The molecule has 0 amide bonds. The largest absolute Gasteiger partial charge is 0.450 e. The average Bonchev–Trinajstić information content (AvgIpc) is 2.82. The number of furan rings is 1. The normalized spacial score (nSPS) is 10.4. The first kappa shape index (κ1) is 12.4. The monoisotopic (exact) mass is 284 g/mol. The zero-order chi connectivity index (χ0) is 14.1. The maximum absolute atomic E-state index is 9.14. The highest BCUT2D eigenvalue weighted by molar-refractivity contribution is 6.33. The molecular weight excluding hydrogens is 276 g/mol. The van der Waals surface area contributed by atoms with E-state index in [-0.39, 0.29) is 5.76 Å². The Morgan fingerprint density at radius 2 is 1.95 bits per heavy atom. The average molecular weight is 285 g/mol. The van der Waals surface area contributed by atoms with Crippen LogP contribution in [0.2, 0.25) is 5.02 Å². The number of anilines is 1. The third kappa shape index (κ3) is 1.94. The van der Waals surface area contributed by atoms with Crippen molar-refractivity contribution in [3.05, 3.63) is 53.2 Å². The second kappa shape index (κ2) is 4.80. The van der Waals surface area contributed by atoms with Crippen molar-refractivity contribution in [1.82, 2.24) is 0 Å². The summed E-state index contributed by atoms with van der Waals surface area (Å²) in [6.45, 7) is 0.